The van der Waals surface area contributed by atoms with Gasteiger partial charge in [0.05, 0.1) is 16.7 Å². The number of halogens is 1. The lowest BCUT2D eigenvalue weighted by Gasteiger charge is -2.05. The second kappa shape index (κ2) is 6.20. The first-order valence-corrected chi connectivity index (χ1v) is 9.35. The zero-order valence-electron chi connectivity index (χ0n) is 14.0. The summed E-state index contributed by atoms with van der Waals surface area (Å²) < 4.78 is 13.4. The molecule has 1 aromatic carbocycles. The van der Waals surface area contributed by atoms with Gasteiger partial charge >= 0.3 is 6.03 Å². The first kappa shape index (κ1) is 16.0. The van der Waals surface area contributed by atoms with Crippen molar-refractivity contribution in [2.75, 3.05) is 5.32 Å². The van der Waals surface area contributed by atoms with Crippen LogP contribution in [0.5, 0.6) is 0 Å². The van der Waals surface area contributed by atoms with Crippen LogP contribution in [-0.4, -0.2) is 32.2 Å². The first-order valence-electron chi connectivity index (χ1n) is 8.53. The topological polar surface area (TPSA) is 98.5 Å². The number of aromatic nitrogens is 4. The number of para-hydroxylation sites is 1. The summed E-state index contributed by atoms with van der Waals surface area (Å²) in [4.78, 5) is 20.7. The molecule has 2 amide bonds. The average molecular weight is 382 g/mol. The van der Waals surface area contributed by atoms with Gasteiger partial charge in [0.2, 0.25) is 0 Å². The summed E-state index contributed by atoms with van der Waals surface area (Å²) in [6.07, 6.45) is 3.65. The molecular formula is C18H15FN6OS. The Morgan fingerprint density at radius 1 is 1.26 bits per heavy atom. The van der Waals surface area contributed by atoms with Crippen LogP contribution in [0.4, 0.5) is 14.9 Å². The van der Waals surface area contributed by atoms with Crippen LogP contribution in [0.1, 0.15) is 12.8 Å². The van der Waals surface area contributed by atoms with E-state index in [1.165, 1.54) is 6.07 Å². The summed E-state index contributed by atoms with van der Waals surface area (Å²) in [6.45, 7) is 0. The lowest BCUT2D eigenvalue weighted by atomic mass is 10.1. The van der Waals surface area contributed by atoms with E-state index in [0.29, 0.717) is 17.2 Å². The van der Waals surface area contributed by atoms with Crippen molar-refractivity contribution in [3.05, 3.63) is 41.7 Å². The number of amides is 2. The smallest absolute Gasteiger partial charge is 0.319 e. The van der Waals surface area contributed by atoms with Crippen LogP contribution in [0.3, 0.4) is 0 Å². The van der Waals surface area contributed by atoms with Gasteiger partial charge in [-0.05, 0) is 31.0 Å². The lowest BCUT2D eigenvalue weighted by Crippen LogP contribution is -2.30. The minimum Gasteiger partial charge on any atom is -0.336 e. The Morgan fingerprint density at radius 2 is 2.15 bits per heavy atom. The molecule has 7 nitrogen and oxygen atoms in total. The number of aromatic amines is 2. The zero-order chi connectivity index (χ0) is 18.4. The van der Waals surface area contributed by atoms with E-state index < -0.39 is 0 Å². The molecule has 1 fully saturated rings. The third kappa shape index (κ3) is 3.06. The molecule has 3 heterocycles. The molecule has 4 aromatic rings. The van der Waals surface area contributed by atoms with E-state index in [0.717, 1.165) is 45.7 Å². The molecule has 3 aromatic heterocycles. The molecule has 0 aliphatic heterocycles. The van der Waals surface area contributed by atoms with Crippen LogP contribution in [0.25, 0.3) is 33.0 Å². The van der Waals surface area contributed by atoms with Gasteiger partial charge in [-0.2, -0.15) is 9.49 Å². The summed E-state index contributed by atoms with van der Waals surface area (Å²) in [5.74, 6) is 0.525. The van der Waals surface area contributed by atoms with Gasteiger partial charge in [-0.15, -0.1) is 11.3 Å². The molecule has 1 saturated carbocycles. The number of hydrogen-bond donors (Lipinski definition) is 4. The van der Waals surface area contributed by atoms with Gasteiger partial charge in [0.15, 0.2) is 16.6 Å². The number of imidazole rings is 1. The van der Waals surface area contributed by atoms with E-state index in [4.69, 9.17) is 0 Å². The fraction of sp³-hybridized carbons (Fsp3) is 0.167. The van der Waals surface area contributed by atoms with E-state index in [-0.39, 0.29) is 17.2 Å². The highest BCUT2D eigenvalue weighted by Crippen LogP contribution is 2.34. The summed E-state index contributed by atoms with van der Waals surface area (Å²) >= 11 is 1.08. The number of carbonyl (C=O) groups excluding carboxylic acids is 1. The van der Waals surface area contributed by atoms with Gasteiger partial charge in [0, 0.05) is 22.7 Å². The Hall–Kier alpha value is -3.20. The van der Waals surface area contributed by atoms with E-state index in [2.05, 4.69) is 30.8 Å². The first-order chi connectivity index (χ1) is 13.2. The second-order valence-corrected chi connectivity index (χ2v) is 7.45. The highest BCUT2D eigenvalue weighted by atomic mass is 32.1. The van der Waals surface area contributed by atoms with Crippen molar-refractivity contribution in [2.24, 2.45) is 0 Å². The van der Waals surface area contributed by atoms with Crippen molar-refractivity contribution in [3.8, 4) is 22.0 Å². The molecule has 27 heavy (non-hydrogen) atoms. The molecule has 9 heteroatoms. The average Bonchev–Trinajstić information content (AvgIpc) is 3.04. The molecule has 4 N–H and O–H groups in total. The SMILES string of the molecule is O=C(Nc1c[nH]nc1-c1nc2c(-c3ccc(F)s3)cccc2[nH]1)NC1CC1. The lowest BCUT2D eigenvalue weighted by molar-refractivity contribution is 0.251. The number of urea groups is 1. The number of anilines is 1. The van der Waals surface area contributed by atoms with Crippen molar-refractivity contribution in [1.29, 1.82) is 0 Å². The minimum absolute atomic E-state index is 0.238. The Labute approximate surface area is 157 Å². The molecule has 5 rings (SSSR count). The van der Waals surface area contributed by atoms with Gasteiger partial charge in [-0.25, -0.2) is 9.78 Å². The summed E-state index contributed by atoms with van der Waals surface area (Å²) in [5.41, 5.74) is 3.44. The maximum absolute atomic E-state index is 13.4. The molecule has 1 aliphatic rings. The van der Waals surface area contributed by atoms with E-state index in [9.17, 15) is 9.18 Å². The molecule has 0 spiro atoms. The van der Waals surface area contributed by atoms with Gasteiger partial charge in [-0.1, -0.05) is 12.1 Å². The van der Waals surface area contributed by atoms with Crippen LogP contribution in [0.15, 0.2) is 36.5 Å². The van der Waals surface area contributed by atoms with Crippen molar-refractivity contribution in [3.63, 3.8) is 0 Å². The number of fused-ring (bicyclic) bond motifs is 1. The number of carbonyl (C=O) groups is 1. The Balaban J connectivity index is 1.51. The number of rotatable bonds is 4. The van der Waals surface area contributed by atoms with Crippen molar-refractivity contribution < 1.29 is 9.18 Å². The van der Waals surface area contributed by atoms with E-state index in [1.54, 1.807) is 12.3 Å². The molecule has 0 saturated heterocycles. The van der Waals surface area contributed by atoms with Gasteiger partial charge < -0.3 is 15.6 Å². The summed E-state index contributed by atoms with van der Waals surface area (Å²) in [5, 5.41) is 12.4. The molecule has 0 unspecified atom stereocenters. The van der Waals surface area contributed by atoms with Crippen molar-refractivity contribution >= 4 is 34.1 Å². The van der Waals surface area contributed by atoms with Crippen molar-refractivity contribution in [2.45, 2.75) is 18.9 Å². The second-order valence-electron chi connectivity index (χ2n) is 6.41. The molecule has 0 atom stereocenters. The number of thiophene rings is 1. The summed E-state index contributed by atoms with van der Waals surface area (Å²) in [6, 6.07) is 8.90. The highest BCUT2D eigenvalue weighted by Gasteiger charge is 2.24. The number of benzene rings is 1. The van der Waals surface area contributed by atoms with Gasteiger partial charge in [0.1, 0.15) is 0 Å². The fourth-order valence-electron chi connectivity index (χ4n) is 2.94. The van der Waals surface area contributed by atoms with Gasteiger partial charge in [0.25, 0.3) is 0 Å². The largest absolute Gasteiger partial charge is 0.336 e. The third-order valence-electron chi connectivity index (χ3n) is 4.38. The standard InChI is InChI=1S/C18H15FN6OS/c19-14-7-6-13(27-14)10-2-1-3-11-15(10)24-17(22-11)16-12(8-20-25-16)23-18(26)21-9-4-5-9/h1-3,6-9H,4-5H2,(H,20,25)(H,22,24)(H2,21,23,26). The molecule has 0 bridgehead atoms. The Bertz CT molecular complexity index is 1140. The maximum atomic E-state index is 13.4. The molecule has 1 aliphatic carbocycles. The van der Waals surface area contributed by atoms with Crippen LogP contribution in [-0.2, 0) is 0 Å². The predicted molar refractivity (Wildman–Crippen MR) is 102 cm³/mol. The van der Waals surface area contributed by atoms with E-state index in [1.807, 2.05) is 18.2 Å². The zero-order valence-corrected chi connectivity index (χ0v) is 14.9. The number of hydrogen-bond acceptors (Lipinski definition) is 4. The van der Waals surface area contributed by atoms with Crippen LogP contribution < -0.4 is 10.6 Å². The highest BCUT2D eigenvalue weighted by molar-refractivity contribution is 7.14. The van der Waals surface area contributed by atoms with Gasteiger partial charge in [-0.3, -0.25) is 5.10 Å². The minimum atomic E-state index is -0.258. The fourth-order valence-corrected chi connectivity index (χ4v) is 3.70. The number of nitrogens with one attached hydrogen (secondary N) is 4. The van der Waals surface area contributed by atoms with Crippen LogP contribution in [0.2, 0.25) is 0 Å². The predicted octanol–water partition coefficient (Wildman–Crippen LogP) is 4.10. The maximum Gasteiger partial charge on any atom is 0.319 e. The monoisotopic (exact) mass is 382 g/mol. The quantitative estimate of drug-likeness (QED) is 0.428. The van der Waals surface area contributed by atoms with Crippen molar-refractivity contribution in [1.82, 2.24) is 25.5 Å². The third-order valence-corrected chi connectivity index (χ3v) is 5.28. The normalized spacial score (nSPS) is 13.8. The Morgan fingerprint density at radius 3 is 2.93 bits per heavy atom. The molecular weight excluding hydrogens is 367 g/mol. The molecule has 0 radical (unpaired) electrons. The van der Waals surface area contributed by atoms with E-state index >= 15 is 0 Å². The number of nitrogens with zero attached hydrogens (tertiary/aromatic N) is 2. The van der Waals surface area contributed by atoms with Crippen LogP contribution >= 0.6 is 11.3 Å². The number of H-pyrrole nitrogens is 2. The summed E-state index contributed by atoms with van der Waals surface area (Å²) in [7, 11) is 0. The Kier molecular flexibility index (Phi) is 3.68. The van der Waals surface area contributed by atoms with Crippen LogP contribution in [0, 0.1) is 5.13 Å². The molecule has 136 valence electrons.